The van der Waals surface area contributed by atoms with Crippen molar-refractivity contribution < 1.29 is 8.63 Å². The summed E-state index contributed by atoms with van der Waals surface area (Å²) < 4.78 is 16.8. The van der Waals surface area contributed by atoms with Gasteiger partial charge < -0.3 is 9.73 Å². The van der Waals surface area contributed by atoms with Crippen LogP contribution in [0.25, 0.3) is 22.2 Å². The number of fused-ring (bicyclic) bond motifs is 1. The van der Waals surface area contributed by atoms with Crippen LogP contribution in [-0.2, 0) is 17.3 Å². The molecule has 5 nitrogen and oxygen atoms in total. The van der Waals surface area contributed by atoms with Crippen LogP contribution >= 0.6 is 0 Å². The Hall–Kier alpha value is -2.05. The number of hydrogen-bond acceptors (Lipinski definition) is 5. The first-order chi connectivity index (χ1) is 10.7. The van der Waals surface area contributed by atoms with Gasteiger partial charge in [-0.1, -0.05) is 0 Å². The van der Waals surface area contributed by atoms with E-state index in [-0.39, 0.29) is 0 Å². The molecule has 22 heavy (non-hydrogen) atoms. The van der Waals surface area contributed by atoms with E-state index < -0.39 is 10.8 Å². The molecular formula is C16H17N3O2S. The van der Waals surface area contributed by atoms with E-state index in [2.05, 4.69) is 15.3 Å². The van der Waals surface area contributed by atoms with E-state index in [1.165, 1.54) is 0 Å². The van der Waals surface area contributed by atoms with Gasteiger partial charge in [0.1, 0.15) is 17.8 Å². The fourth-order valence-corrected chi connectivity index (χ4v) is 2.63. The monoisotopic (exact) mass is 315 g/mol. The number of nitrogens with one attached hydrogen (secondary N) is 1. The molecule has 0 spiro atoms. The van der Waals surface area contributed by atoms with E-state index in [0.717, 1.165) is 28.0 Å². The smallest absolute Gasteiger partial charge is 0.134 e. The topological polar surface area (TPSA) is 68.0 Å². The van der Waals surface area contributed by atoms with Crippen molar-refractivity contribution in [3.8, 4) is 11.3 Å². The van der Waals surface area contributed by atoms with Crippen LogP contribution < -0.4 is 5.32 Å². The summed E-state index contributed by atoms with van der Waals surface area (Å²) in [5.74, 6) is 2.33. The highest BCUT2D eigenvalue weighted by atomic mass is 32.2. The van der Waals surface area contributed by atoms with Crippen molar-refractivity contribution in [2.75, 3.05) is 18.6 Å². The number of nitrogens with zero attached hydrogens (tertiary/aromatic N) is 2. The molecule has 0 fully saturated rings. The second-order valence-corrected chi connectivity index (χ2v) is 6.57. The van der Waals surface area contributed by atoms with Crippen LogP contribution in [0.3, 0.4) is 0 Å². The Morgan fingerprint density at radius 2 is 2.18 bits per heavy atom. The molecule has 0 saturated carbocycles. The third-order valence-corrected chi connectivity index (χ3v) is 4.10. The predicted molar refractivity (Wildman–Crippen MR) is 87.9 cm³/mol. The second kappa shape index (κ2) is 6.81. The Morgan fingerprint density at radius 3 is 3.05 bits per heavy atom. The zero-order valence-corrected chi connectivity index (χ0v) is 13.1. The molecule has 3 rings (SSSR count). The van der Waals surface area contributed by atoms with Crippen molar-refractivity contribution in [2.24, 2.45) is 0 Å². The van der Waals surface area contributed by atoms with Crippen LogP contribution in [0.5, 0.6) is 0 Å². The van der Waals surface area contributed by atoms with E-state index in [4.69, 9.17) is 4.42 Å². The fourth-order valence-electron chi connectivity index (χ4n) is 2.19. The summed E-state index contributed by atoms with van der Waals surface area (Å²) >= 11 is 0. The van der Waals surface area contributed by atoms with Crippen LogP contribution in [0.15, 0.2) is 47.3 Å². The molecule has 1 atom stereocenters. The number of rotatable bonds is 6. The molecule has 2 heterocycles. The normalized spacial score (nSPS) is 12.6. The zero-order chi connectivity index (χ0) is 15.4. The maximum atomic E-state index is 11.0. The lowest BCUT2D eigenvalue weighted by molar-refractivity contribution is 0.499. The quantitative estimate of drug-likeness (QED) is 0.707. The van der Waals surface area contributed by atoms with Gasteiger partial charge >= 0.3 is 0 Å². The molecule has 0 aliphatic heterocycles. The summed E-state index contributed by atoms with van der Waals surface area (Å²) in [5, 5.41) is 4.21. The minimum absolute atomic E-state index is 0.633. The first kappa shape index (κ1) is 14.9. The van der Waals surface area contributed by atoms with E-state index in [0.29, 0.717) is 18.8 Å². The van der Waals surface area contributed by atoms with Gasteiger partial charge in [-0.25, -0.2) is 9.97 Å². The fraction of sp³-hybridized carbons (Fsp3) is 0.250. The lowest BCUT2D eigenvalue weighted by Gasteiger charge is -2.02. The molecule has 1 aromatic carbocycles. The van der Waals surface area contributed by atoms with E-state index in [1.807, 2.05) is 30.3 Å². The summed E-state index contributed by atoms with van der Waals surface area (Å²) in [6.07, 6.45) is 5.04. The van der Waals surface area contributed by atoms with Gasteiger partial charge in [-0.15, -0.1) is 0 Å². The third-order valence-electron chi connectivity index (χ3n) is 3.32. The summed E-state index contributed by atoms with van der Waals surface area (Å²) in [6, 6.07) is 9.89. The van der Waals surface area contributed by atoms with Crippen LogP contribution in [0.1, 0.15) is 5.76 Å². The van der Waals surface area contributed by atoms with Gasteiger partial charge in [0.15, 0.2) is 0 Å². The SMILES string of the molecule is CS(=O)CCNCc1ccc(-c2ccc3ncncc3c2)o1. The minimum Gasteiger partial charge on any atom is -0.460 e. The molecule has 6 heteroatoms. The average Bonchev–Trinajstić information content (AvgIpc) is 3.00. The molecule has 0 amide bonds. The zero-order valence-electron chi connectivity index (χ0n) is 12.3. The molecule has 114 valence electrons. The Morgan fingerprint density at radius 1 is 1.27 bits per heavy atom. The van der Waals surface area contributed by atoms with E-state index >= 15 is 0 Å². The van der Waals surface area contributed by atoms with Crippen LogP contribution in [-0.4, -0.2) is 32.7 Å². The lowest BCUT2D eigenvalue weighted by atomic mass is 10.1. The van der Waals surface area contributed by atoms with Gasteiger partial charge in [0.05, 0.1) is 12.1 Å². The van der Waals surface area contributed by atoms with E-state index in [1.54, 1.807) is 18.8 Å². The number of aromatic nitrogens is 2. The highest BCUT2D eigenvalue weighted by Crippen LogP contribution is 2.25. The van der Waals surface area contributed by atoms with Crippen molar-refractivity contribution in [2.45, 2.75) is 6.54 Å². The van der Waals surface area contributed by atoms with Crippen LogP contribution in [0.2, 0.25) is 0 Å². The highest BCUT2D eigenvalue weighted by molar-refractivity contribution is 7.84. The predicted octanol–water partition coefficient (Wildman–Crippen LogP) is 2.36. The first-order valence-corrected chi connectivity index (χ1v) is 8.75. The van der Waals surface area contributed by atoms with Crippen molar-refractivity contribution in [3.63, 3.8) is 0 Å². The Labute approximate surface area is 131 Å². The molecular weight excluding hydrogens is 298 g/mol. The van der Waals surface area contributed by atoms with Gasteiger partial charge in [0.25, 0.3) is 0 Å². The molecule has 0 bridgehead atoms. The van der Waals surface area contributed by atoms with Gasteiger partial charge in [-0.05, 0) is 30.3 Å². The molecule has 0 saturated heterocycles. The molecule has 0 aliphatic carbocycles. The summed E-state index contributed by atoms with van der Waals surface area (Å²) in [6.45, 7) is 1.35. The molecule has 2 aromatic heterocycles. The molecule has 1 unspecified atom stereocenters. The molecule has 0 aliphatic rings. The Kier molecular flexibility index (Phi) is 4.60. The largest absolute Gasteiger partial charge is 0.460 e. The minimum atomic E-state index is -0.766. The summed E-state index contributed by atoms with van der Waals surface area (Å²) in [7, 11) is -0.766. The summed E-state index contributed by atoms with van der Waals surface area (Å²) in [4.78, 5) is 8.25. The lowest BCUT2D eigenvalue weighted by Crippen LogP contribution is -2.19. The van der Waals surface area contributed by atoms with Gasteiger partial charge in [0.2, 0.25) is 0 Å². The maximum absolute atomic E-state index is 11.0. The second-order valence-electron chi connectivity index (χ2n) is 5.02. The number of hydrogen-bond donors (Lipinski definition) is 1. The standard InChI is InChI=1S/C16H17N3O2S/c1-22(20)7-6-17-10-14-3-5-16(21-14)12-2-4-15-13(8-12)9-18-11-19-15/h2-5,8-9,11,17H,6-7,10H2,1H3. The van der Waals surface area contributed by atoms with Crippen molar-refractivity contribution in [1.82, 2.24) is 15.3 Å². The van der Waals surface area contributed by atoms with Gasteiger partial charge in [-0.2, -0.15) is 0 Å². The Bertz CT molecular complexity index is 801. The van der Waals surface area contributed by atoms with E-state index in [9.17, 15) is 4.21 Å². The molecule has 3 aromatic rings. The van der Waals surface area contributed by atoms with Crippen LogP contribution in [0, 0.1) is 0 Å². The van der Waals surface area contributed by atoms with Gasteiger partial charge in [0, 0.05) is 46.5 Å². The third kappa shape index (κ3) is 3.58. The molecule has 1 N–H and O–H groups in total. The highest BCUT2D eigenvalue weighted by Gasteiger charge is 2.06. The van der Waals surface area contributed by atoms with Crippen molar-refractivity contribution in [3.05, 3.63) is 48.6 Å². The Balaban J connectivity index is 1.70. The maximum Gasteiger partial charge on any atom is 0.134 e. The molecule has 0 radical (unpaired) electrons. The number of benzene rings is 1. The number of furan rings is 1. The first-order valence-electron chi connectivity index (χ1n) is 7.02. The van der Waals surface area contributed by atoms with Crippen molar-refractivity contribution in [1.29, 1.82) is 0 Å². The summed E-state index contributed by atoms with van der Waals surface area (Å²) in [5.41, 5.74) is 1.92. The average molecular weight is 315 g/mol. The van der Waals surface area contributed by atoms with Crippen molar-refractivity contribution >= 4 is 21.7 Å². The van der Waals surface area contributed by atoms with Crippen LogP contribution in [0.4, 0.5) is 0 Å². The van der Waals surface area contributed by atoms with Gasteiger partial charge in [-0.3, -0.25) is 4.21 Å².